The lowest BCUT2D eigenvalue weighted by atomic mass is 10.1. The number of benzene rings is 1. The molecule has 0 radical (unpaired) electrons. The molecule has 110 valence electrons. The standard InChI is InChI=1S/C11H13ClN2O5S/c1-4-13(3)11(15)9-5-8(20(12,18)19)6-10(7(9)2)14(16)17/h5-6H,4H2,1-3H3. The van der Waals surface area contributed by atoms with Gasteiger partial charge in [0.2, 0.25) is 0 Å². The van der Waals surface area contributed by atoms with Gasteiger partial charge in [-0.2, -0.15) is 0 Å². The van der Waals surface area contributed by atoms with Crippen molar-refractivity contribution in [2.24, 2.45) is 0 Å². The predicted molar refractivity (Wildman–Crippen MR) is 73.5 cm³/mol. The summed E-state index contributed by atoms with van der Waals surface area (Å²) in [7, 11) is 2.54. The first kappa shape index (κ1) is 16.4. The van der Waals surface area contributed by atoms with Crippen LogP contribution in [0, 0.1) is 17.0 Å². The number of halogens is 1. The number of carbonyl (C=O) groups is 1. The number of nitrogens with zero attached hydrogens (tertiary/aromatic N) is 2. The van der Waals surface area contributed by atoms with Gasteiger partial charge in [0, 0.05) is 35.9 Å². The molecule has 0 aromatic heterocycles. The van der Waals surface area contributed by atoms with E-state index in [1.54, 1.807) is 6.92 Å². The van der Waals surface area contributed by atoms with Crippen LogP contribution in [0.1, 0.15) is 22.8 Å². The van der Waals surface area contributed by atoms with E-state index in [0.717, 1.165) is 12.1 Å². The molecular weight excluding hydrogens is 308 g/mol. The third-order valence-corrected chi connectivity index (χ3v) is 4.22. The number of nitro benzene ring substituents is 1. The Morgan fingerprint density at radius 1 is 1.45 bits per heavy atom. The smallest absolute Gasteiger partial charge is 0.274 e. The molecular formula is C11H13ClN2O5S. The second-order valence-corrected chi connectivity index (χ2v) is 6.70. The van der Waals surface area contributed by atoms with Gasteiger partial charge in [-0.15, -0.1) is 0 Å². The third kappa shape index (κ3) is 3.26. The van der Waals surface area contributed by atoms with E-state index in [0.29, 0.717) is 6.54 Å². The molecule has 0 N–H and O–H groups in total. The van der Waals surface area contributed by atoms with Gasteiger partial charge in [0.25, 0.3) is 20.6 Å². The van der Waals surface area contributed by atoms with Gasteiger partial charge in [0.1, 0.15) is 0 Å². The van der Waals surface area contributed by atoms with Crippen LogP contribution in [0.5, 0.6) is 0 Å². The largest absolute Gasteiger partial charge is 0.342 e. The molecule has 0 saturated heterocycles. The van der Waals surface area contributed by atoms with Gasteiger partial charge < -0.3 is 4.90 Å². The van der Waals surface area contributed by atoms with E-state index in [1.165, 1.54) is 18.9 Å². The minimum Gasteiger partial charge on any atom is -0.342 e. The van der Waals surface area contributed by atoms with E-state index in [4.69, 9.17) is 10.7 Å². The summed E-state index contributed by atoms with van der Waals surface area (Å²) in [5.74, 6) is -0.504. The number of hydrogen-bond acceptors (Lipinski definition) is 5. The van der Waals surface area contributed by atoms with Crippen LogP contribution in [0.4, 0.5) is 5.69 Å². The van der Waals surface area contributed by atoms with Crippen LogP contribution >= 0.6 is 10.7 Å². The van der Waals surface area contributed by atoms with Crippen molar-refractivity contribution in [3.63, 3.8) is 0 Å². The zero-order valence-corrected chi connectivity index (χ0v) is 12.7. The van der Waals surface area contributed by atoms with E-state index in [2.05, 4.69) is 0 Å². The Morgan fingerprint density at radius 3 is 2.40 bits per heavy atom. The maximum Gasteiger partial charge on any atom is 0.274 e. The van der Waals surface area contributed by atoms with Crippen molar-refractivity contribution in [3.8, 4) is 0 Å². The van der Waals surface area contributed by atoms with E-state index < -0.39 is 30.5 Å². The van der Waals surface area contributed by atoms with Gasteiger partial charge in [0.15, 0.2) is 0 Å². The molecule has 0 unspecified atom stereocenters. The molecule has 9 heteroatoms. The van der Waals surface area contributed by atoms with Gasteiger partial charge in [-0.3, -0.25) is 14.9 Å². The van der Waals surface area contributed by atoms with Crippen LogP contribution in [-0.4, -0.2) is 37.7 Å². The van der Waals surface area contributed by atoms with E-state index in [-0.39, 0.29) is 11.1 Å². The Hall–Kier alpha value is -1.67. The number of nitro groups is 1. The average molecular weight is 321 g/mol. The van der Waals surface area contributed by atoms with Crippen molar-refractivity contribution >= 4 is 31.3 Å². The summed E-state index contributed by atoms with van der Waals surface area (Å²) in [5.41, 5.74) is -0.410. The Bertz CT molecular complexity index is 672. The SMILES string of the molecule is CCN(C)C(=O)c1cc(S(=O)(=O)Cl)cc([N+](=O)[O-])c1C. The summed E-state index contributed by atoms with van der Waals surface area (Å²) >= 11 is 0. The van der Waals surface area contributed by atoms with Gasteiger partial charge in [-0.25, -0.2) is 8.42 Å². The molecule has 20 heavy (non-hydrogen) atoms. The summed E-state index contributed by atoms with van der Waals surface area (Å²) in [6.07, 6.45) is 0. The molecule has 0 aliphatic heterocycles. The average Bonchev–Trinajstić information content (AvgIpc) is 2.35. The van der Waals surface area contributed by atoms with Gasteiger partial charge in [0.05, 0.1) is 15.4 Å². The molecule has 1 amide bonds. The quantitative estimate of drug-likeness (QED) is 0.479. The van der Waals surface area contributed by atoms with Crippen LogP contribution in [0.2, 0.25) is 0 Å². The molecule has 0 saturated carbocycles. The van der Waals surface area contributed by atoms with E-state index >= 15 is 0 Å². The Balaban J connectivity index is 3.63. The summed E-state index contributed by atoms with van der Waals surface area (Å²) in [4.78, 5) is 23.2. The van der Waals surface area contributed by atoms with Crippen LogP contribution < -0.4 is 0 Å². The topological polar surface area (TPSA) is 97.6 Å². The maximum absolute atomic E-state index is 12.1. The van der Waals surface area contributed by atoms with Crippen LogP contribution in [0.15, 0.2) is 17.0 Å². The fraction of sp³-hybridized carbons (Fsp3) is 0.364. The third-order valence-electron chi connectivity index (χ3n) is 2.88. The highest BCUT2D eigenvalue weighted by Gasteiger charge is 2.25. The molecule has 1 aromatic rings. The Morgan fingerprint density at radius 2 is 2.00 bits per heavy atom. The Labute approximate surface area is 120 Å². The fourth-order valence-electron chi connectivity index (χ4n) is 1.57. The highest BCUT2D eigenvalue weighted by atomic mass is 35.7. The second-order valence-electron chi connectivity index (χ2n) is 4.13. The molecule has 0 fully saturated rings. The van der Waals surface area contributed by atoms with Crippen LogP contribution in [0.3, 0.4) is 0 Å². The first-order valence-corrected chi connectivity index (χ1v) is 7.89. The monoisotopic (exact) mass is 320 g/mol. The first-order valence-electron chi connectivity index (χ1n) is 5.58. The number of rotatable bonds is 4. The molecule has 0 spiro atoms. The van der Waals surface area contributed by atoms with Crippen molar-refractivity contribution < 1.29 is 18.1 Å². The predicted octanol–water partition coefficient (Wildman–Crippen LogP) is 1.92. The molecule has 0 heterocycles. The number of carbonyl (C=O) groups excluding carboxylic acids is 1. The van der Waals surface area contributed by atoms with Crippen molar-refractivity contribution in [1.82, 2.24) is 4.90 Å². The normalized spacial score (nSPS) is 11.2. The maximum atomic E-state index is 12.1. The number of hydrogen-bond donors (Lipinski definition) is 0. The fourth-order valence-corrected chi connectivity index (χ4v) is 2.35. The van der Waals surface area contributed by atoms with Crippen molar-refractivity contribution in [3.05, 3.63) is 33.4 Å². The summed E-state index contributed by atoms with van der Waals surface area (Å²) in [6, 6.07) is 1.90. The summed E-state index contributed by atoms with van der Waals surface area (Å²) in [5, 5.41) is 11.0. The lowest BCUT2D eigenvalue weighted by Crippen LogP contribution is -2.27. The molecule has 0 aliphatic carbocycles. The van der Waals surface area contributed by atoms with Crippen molar-refractivity contribution in [1.29, 1.82) is 0 Å². The van der Waals surface area contributed by atoms with Crippen molar-refractivity contribution in [2.75, 3.05) is 13.6 Å². The van der Waals surface area contributed by atoms with Crippen molar-refractivity contribution in [2.45, 2.75) is 18.7 Å². The molecule has 0 bridgehead atoms. The van der Waals surface area contributed by atoms with Gasteiger partial charge in [-0.05, 0) is 19.9 Å². The van der Waals surface area contributed by atoms with Crippen LogP contribution in [0.25, 0.3) is 0 Å². The zero-order chi connectivity index (χ0) is 15.7. The zero-order valence-electron chi connectivity index (χ0n) is 11.1. The minimum absolute atomic E-state index is 0.0530. The number of amides is 1. The summed E-state index contributed by atoms with van der Waals surface area (Å²) in [6.45, 7) is 3.49. The van der Waals surface area contributed by atoms with Gasteiger partial charge >= 0.3 is 0 Å². The molecule has 1 aromatic carbocycles. The highest BCUT2D eigenvalue weighted by Crippen LogP contribution is 2.28. The van der Waals surface area contributed by atoms with Gasteiger partial charge in [-0.1, -0.05) is 0 Å². The molecule has 1 rings (SSSR count). The Kier molecular flexibility index (Phi) is 4.72. The lowest BCUT2D eigenvalue weighted by molar-refractivity contribution is -0.385. The molecule has 0 atom stereocenters. The minimum atomic E-state index is -4.17. The molecule has 0 aliphatic rings. The molecule has 7 nitrogen and oxygen atoms in total. The van der Waals surface area contributed by atoms with Crippen LogP contribution in [-0.2, 0) is 9.05 Å². The first-order chi connectivity index (χ1) is 9.09. The lowest BCUT2D eigenvalue weighted by Gasteiger charge is -2.16. The summed E-state index contributed by atoms with van der Waals surface area (Å²) < 4.78 is 22.7. The van der Waals surface area contributed by atoms with E-state index in [1.807, 2.05) is 0 Å². The second kappa shape index (κ2) is 5.76. The van der Waals surface area contributed by atoms with E-state index in [9.17, 15) is 23.3 Å². The highest BCUT2D eigenvalue weighted by molar-refractivity contribution is 8.13.